The molecule has 2 amide bonds. The number of hydrogen-bond donors (Lipinski definition) is 2. The van der Waals surface area contributed by atoms with Gasteiger partial charge in [-0.05, 0) is 44.2 Å². The third-order valence-electron chi connectivity index (χ3n) is 4.39. The molecule has 0 spiro atoms. The standard InChI is InChI=1S/C20H30N2O4/c1-16(22-20(24)18-6-3-2-4-7-18)14-19(23)21-10-5-11-26-15-17-8-12-25-13-9-17/h2-4,6-7,16-17H,5,8-15H2,1H3,(H,21,23)(H,22,24)/t16-/m0/s1. The Bertz CT molecular complexity index is 544. The SMILES string of the molecule is C[C@@H](CC(=O)NCCCOCC1CCOCC1)NC(=O)c1ccccc1. The molecule has 1 aromatic carbocycles. The van der Waals surface area contributed by atoms with E-state index in [0.717, 1.165) is 39.1 Å². The number of ether oxygens (including phenoxy) is 2. The van der Waals surface area contributed by atoms with Crippen molar-refractivity contribution in [1.82, 2.24) is 10.6 Å². The van der Waals surface area contributed by atoms with Crippen LogP contribution in [0.3, 0.4) is 0 Å². The Morgan fingerprint density at radius 1 is 1.23 bits per heavy atom. The fourth-order valence-electron chi connectivity index (χ4n) is 2.86. The highest BCUT2D eigenvalue weighted by Gasteiger charge is 2.14. The molecular weight excluding hydrogens is 332 g/mol. The van der Waals surface area contributed by atoms with Crippen molar-refractivity contribution in [3.05, 3.63) is 35.9 Å². The molecule has 144 valence electrons. The van der Waals surface area contributed by atoms with Crippen LogP contribution in [0.1, 0.15) is 43.0 Å². The van der Waals surface area contributed by atoms with Crippen LogP contribution >= 0.6 is 0 Å². The van der Waals surface area contributed by atoms with Gasteiger partial charge < -0.3 is 20.1 Å². The second-order valence-electron chi connectivity index (χ2n) is 6.78. The smallest absolute Gasteiger partial charge is 0.251 e. The van der Waals surface area contributed by atoms with Gasteiger partial charge in [-0.2, -0.15) is 0 Å². The minimum Gasteiger partial charge on any atom is -0.381 e. The minimum atomic E-state index is -0.215. The fraction of sp³-hybridized carbons (Fsp3) is 0.600. The van der Waals surface area contributed by atoms with E-state index in [1.54, 1.807) is 12.1 Å². The summed E-state index contributed by atoms with van der Waals surface area (Å²) in [5, 5.41) is 5.71. The predicted molar refractivity (Wildman–Crippen MR) is 100.0 cm³/mol. The van der Waals surface area contributed by atoms with Gasteiger partial charge in [0, 0.05) is 51.0 Å². The molecule has 0 unspecified atom stereocenters. The predicted octanol–water partition coefficient (Wildman–Crippen LogP) is 2.14. The van der Waals surface area contributed by atoms with Crippen LogP contribution in [0.15, 0.2) is 30.3 Å². The maximum Gasteiger partial charge on any atom is 0.251 e. The zero-order chi connectivity index (χ0) is 18.6. The Morgan fingerprint density at radius 2 is 1.96 bits per heavy atom. The fourth-order valence-corrected chi connectivity index (χ4v) is 2.86. The van der Waals surface area contributed by atoms with E-state index in [1.165, 1.54) is 0 Å². The maximum absolute atomic E-state index is 12.0. The van der Waals surface area contributed by atoms with Crippen molar-refractivity contribution in [1.29, 1.82) is 0 Å². The van der Waals surface area contributed by atoms with Crippen LogP contribution in [0, 0.1) is 5.92 Å². The average Bonchev–Trinajstić information content (AvgIpc) is 2.66. The van der Waals surface area contributed by atoms with Crippen LogP contribution < -0.4 is 10.6 Å². The molecule has 0 aliphatic carbocycles. The van der Waals surface area contributed by atoms with Gasteiger partial charge in [0.25, 0.3) is 5.91 Å². The van der Waals surface area contributed by atoms with Gasteiger partial charge in [0.15, 0.2) is 0 Å². The Hall–Kier alpha value is -1.92. The van der Waals surface area contributed by atoms with Crippen molar-refractivity contribution >= 4 is 11.8 Å². The molecule has 6 nitrogen and oxygen atoms in total. The third kappa shape index (κ3) is 7.97. The van der Waals surface area contributed by atoms with Gasteiger partial charge in [-0.15, -0.1) is 0 Å². The molecule has 0 bridgehead atoms. The highest BCUT2D eigenvalue weighted by Crippen LogP contribution is 2.14. The highest BCUT2D eigenvalue weighted by atomic mass is 16.5. The van der Waals surface area contributed by atoms with E-state index < -0.39 is 0 Å². The Labute approximate surface area is 155 Å². The third-order valence-corrected chi connectivity index (χ3v) is 4.39. The van der Waals surface area contributed by atoms with Crippen molar-refractivity contribution in [2.24, 2.45) is 5.92 Å². The molecular formula is C20H30N2O4. The first-order valence-electron chi connectivity index (χ1n) is 9.43. The topological polar surface area (TPSA) is 76.7 Å². The average molecular weight is 362 g/mol. The summed E-state index contributed by atoms with van der Waals surface area (Å²) in [6.07, 6.45) is 3.20. The van der Waals surface area contributed by atoms with E-state index in [1.807, 2.05) is 25.1 Å². The van der Waals surface area contributed by atoms with Gasteiger partial charge in [0.1, 0.15) is 0 Å². The summed E-state index contributed by atoms with van der Waals surface area (Å²) in [5.41, 5.74) is 0.599. The van der Waals surface area contributed by atoms with Gasteiger partial charge in [-0.3, -0.25) is 9.59 Å². The zero-order valence-electron chi connectivity index (χ0n) is 15.5. The Balaban J connectivity index is 1.50. The van der Waals surface area contributed by atoms with E-state index in [-0.39, 0.29) is 24.3 Å². The number of hydrogen-bond acceptors (Lipinski definition) is 4. The maximum atomic E-state index is 12.0. The number of benzene rings is 1. The number of amides is 2. The Kier molecular flexibility index (Phi) is 9.14. The molecule has 0 saturated carbocycles. The molecule has 1 atom stereocenters. The van der Waals surface area contributed by atoms with E-state index >= 15 is 0 Å². The molecule has 0 aromatic heterocycles. The first kappa shape index (κ1) is 20.4. The lowest BCUT2D eigenvalue weighted by Crippen LogP contribution is -2.37. The molecule has 0 radical (unpaired) electrons. The molecule has 1 heterocycles. The van der Waals surface area contributed by atoms with Crippen LogP contribution in [0.4, 0.5) is 0 Å². The van der Waals surface area contributed by atoms with Crippen molar-refractivity contribution in [3.63, 3.8) is 0 Å². The van der Waals surface area contributed by atoms with E-state index in [2.05, 4.69) is 10.6 Å². The second kappa shape index (κ2) is 11.6. The summed E-state index contributed by atoms with van der Waals surface area (Å²) in [4.78, 5) is 24.0. The Morgan fingerprint density at radius 3 is 2.69 bits per heavy atom. The lowest BCUT2D eigenvalue weighted by molar-refractivity contribution is -0.121. The first-order chi connectivity index (χ1) is 12.6. The first-order valence-corrected chi connectivity index (χ1v) is 9.43. The number of carbonyl (C=O) groups is 2. The molecule has 1 saturated heterocycles. The molecule has 1 fully saturated rings. The molecule has 6 heteroatoms. The van der Waals surface area contributed by atoms with Crippen molar-refractivity contribution < 1.29 is 19.1 Å². The summed E-state index contributed by atoms with van der Waals surface area (Å²) in [7, 11) is 0. The summed E-state index contributed by atoms with van der Waals surface area (Å²) < 4.78 is 11.0. The van der Waals surface area contributed by atoms with Crippen molar-refractivity contribution in [2.45, 2.75) is 38.6 Å². The summed E-state index contributed by atoms with van der Waals surface area (Å²) in [5.74, 6) is 0.384. The number of nitrogens with one attached hydrogen (secondary N) is 2. The van der Waals surface area contributed by atoms with Crippen LogP contribution in [0.2, 0.25) is 0 Å². The van der Waals surface area contributed by atoms with E-state index in [0.29, 0.717) is 24.6 Å². The van der Waals surface area contributed by atoms with Crippen LogP contribution in [0.5, 0.6) is 0 Å². The molecule has 1 aliphatic rings. The lowest BCUT2D eigenvalue weighted by Gasteiger charge is -2.21. The molecule has 1 aromatic rings. The van der Waals surface area contributed by atoms with Gasteiger partial charge >= 0.3 is 0 Å². The normalized spacial score (nSPS) is 16.0. The van der Waals surface area contributed by atoms with Gasteiger partial charge in [0.05, 0.1) is 0 Å². The lowest BCUT2D eigenvalue weighted by atomic mass is 10.0. The monoisotopic (exact) mass is 362 g/mol. The summed E-state index contributed by atoms with van der Waals surface area (Å²) in [6, 6.07) is 8.78. The van der Waals surface area contributed by atoms with Gasteiger partial charge in [-0.25, -0.2) is 0 Å². The van der Waals surface area contributed by atoms with Crippen LogP contribution in [-0.4, -0.2) is 50.8 Å². The number of carbonyl (C=O) groups excluding carboxylic acids is 2. The molecule has 26 heavy (non-hydrogen) atoms. The van der Waals surface area contributed by atoms with Crippen molar-refractivity contribution in [2.75, 3.05) is 33.0 Å². The van der Waals surface area contributed by atoms with Crippen LogP contribution in [-0.2, 0) is 14.3 Å². The second-order valence-corrected chi connectivity index (χ2v) is 6.78. The summed E-state index contributed by atoms with van der Waals surface area (Å²) >= 11 is 0. The molecule has 1 aliphatic heterocycles. The van der Waals surface area contributed by atoms with Gasteiger partial charge in [-0.1, -0.05) is 18.2 Å². The van der Waals surface area contributed by atoms with Crippen LogP contribution in [0.25, 0.3) is 0 Å². The van der Waals surface area contributed by atoms with E-state index in [4.69, 9.17) is 9.47 Å². The minimum absolute atomic E-state index is 0.0599. The zero-order valence-corrected chi connectivity index (χ0v) is 15.5. The quantitative estimate of drug-likeness (QED) is 0.625. The van der Waals surface area contributed by atoms with E-state index in [9.17, 15) is 9.59 Å². The molecule has 2 N–H and O–H groups in total. The van der Waals surface area contributed by atoms with Crippen molar-refractivity contribution in [3.8, 4) is 0 Å². The molecule has 2 rings (SSSR count). The largest absolute Gasteiger partial charge is 0.381 e. The number of rotatable bonds is 10. The summed E-state index contributed by atoms with van der Waals surface area (Å²) in [6.45, 7) is 5.52. The highest BCUT2D eigenvalue weighted by molar-refractivity contribution is 5.94. The van der Waals surface area contributed by atoms with Gasteiger partial charge in [0.2, 0.25) is 5.91 Å².